The van der Waals surface area contributed by atoms with E-state index in [0.717, 1.165) is 38.5 Å². The van der Waals surface area contributed by atoms with E-state index in [4.69, 9.17) is 29.0 Å². The number of amides is 1. The van der Waals surface area contributed by atoms with Crippen molar-refractivity contribution in [1.82, 2.24) is 24.1 Å². The zero-order valence-electron chi connectivity index (χ0n) is 26.6. The third-order valence-corrected chi connectivity index (χ3v) is 8.44. The highest BCUT2D eigenvalue weighted by Gasteiger charge is 2.34. The van der Waals surface area contributed by atoms with Gasteiger partial charge in [-0.25, -0.2) is 22.6 Å². The van der Waals surface area contributed by atoms with E-state index in [1.165, 1.54) is 4.90 Å². The summed E-state index contributed by atoms with van der Waals surface area (Å²) in [6.45, 7) is 10.2. The SMILES string of the molecule is CC(C)NS(=O)(=O)COc1ccc(-c2nc(N(C(=O)OC(C)(C)C)c3cccn3C3CCCCO3)nn2C2CCCCO2)cc1. The van der Waals surface area contributed by atoms with Gasteiger partial charge in [-0.1, -0.05) is 0 Å². The van der Waals surface area contributed by atoms with Crippen LogP contribution in [0.5, 0.6) is 5.75 Å². The number of sulfonamides is 1. The zero-order valence-corrected chi connectivity index (χ0v) is 27.5. The van der Waals surface area contributed by atoms with Gasteiger partial charge >= 0.3 is 6.09 Å². The first-order valence-electron chi connectivity index (χ1n) is 15.5. The molecule has 0 bridgehead atoms. The molecule has 2 fully saturated rings. The number of nitrogens with zero attached hydrogens (tertiary/aromatic N) is 5. The first kappa shape index (κ1) is 32.9. The van der Waals surface area contributed by atoms with E-state index in [9.17, 15) is 13.2 Å². The number of hydrogen-bond acceptors (Lipinski definition) is 9. The summed E-state index contributed by atoms with van der Waals surface area (Å²) in [5.41, 5.74) is -0.0754. The fourth-order valence-electron chi connectivity index (χ4n) is 5.31. The summed E-state index contributed by atoms with van der Waals surface area (Å²) in [6.07, 6.45) is 6.13. The van der Waals surface area contributed by atoms with Crippen molar-refractivity contribution in [3.05, 3.63) is 42.6 Å². The smallest absolute Gasteiger partial charge is 0.423 e. The van der Waals surface area contributed by atoms with Crippen LogP contribution in [0.15, 0.2) is 42.6 Å². The van der Waals surface area contributed by atoms with Crippen molar-refractivity contribution in [2.75, 3.05) is 24.1 Å². The van der Waals surface area contributed by atoms with E-state index in [1.807, 2.05) is 43.7 Å². The van der Waals surface area contributed by atoms with Crippen molar-refractivity contribution < 1.29 is 32.2 Å². The average Bonchev–Trinajstić information content (AvgIpc) is 3.64. The molecule has 13 nitrogen and oxygen atoms in total. The van der Waals surface area contributed by atoms with Gasteiger partial charge in [0, 0.05) is 31.0 Å². The maximum Gasteiger partial charge on any atom is 0.423 e. The molecule has 45 heavy (non-hydrogen) atoms. The molecule has 14 heteroatoms. The van der Waals surface area contributed by atoms with Gasteiger partial charge < -0.3 is 23.5 Å². The molecule has 0 spiro atoms. The molecule has 2 aliphatic rings. The Bertz CT molecular complexity index is 1530. The molecule has 3 aromatic rings. The summed E-state index contributed by atoms with van der Waals surface area (Å²) in [5.74, 6) is 1.03. The van der Waals surface area contributed by atoms with Gasteiger partial charge in [0.1, 0.15) is 23.4 Å². The van der Waals surface area contributed by atoms with Crippen molar-refractivity contribution in [3.63, 3.8) is 0 Å². The molecule has 0 radical (unpaired) electrons. The van der Waals surface area contributed by atoms with Gasteiger partial charge in [-0.05, 0) is 110 Å². The molecule has 1 amide bonds. The fraction of sp³-hybridized carbons (Fsp3) is 0.581. The van der Waals surface area contributed by atoms with Gasteiger partial charge in [0.15, 0.2) is 12.1 Å². The van der Waals surface area contributed by atoms with Crippen molar-refractivity contribution in [3.8, 4) is 17.1 Å². The van der Waals surface area contributed by atoms with Crippen LogP contribution in [0.3, 0.4) is 0 Å². The second-order valence-electron chi connectivity index (χ2n) is 12.6. The largest absolute Gasteiger partial charge is 0.476 e. The predicted octanol–water partition coefficient (Wildman–Crippen LogP) is 5.88. The Morgan fingerprint density at radius 2 is 1.71 bits per heavy atom. The molecule has 2 atom stereocenters. The molecule has 246 valence electrons. The average molecular weight is 645 g/mol. The zero-order chi connectivity index (χ0) is 32.2. The molecule has 5 rings (SSSR count). The first-order valence-corrected chi connectivity index (χ1v) is 17.2. The van der Waals surface area contributed by atoms with Crippen LogP contribution in [0.25, 0.3) is 11.4 Å². The van der Waals surface area contributed by atoms with Gasteiger partial charge in [0.25, 0.3) is 5.95 Å². The highest BCUT2D eigenvalue weighted by molar-refractivity contribution is 7.89. The minimum atomic E-state index is -3.60. The Hall–Kier alpha value is -3.46. The minimum absolute atomic E-state index is 0.135. The van der Waals surface area contributed by atoms with Crippen LogP contribution in [0.4, 0.5) is 16.6 Å². The standard InChI is InChI=1S/C31H44N6O7S/c1-22(2)34-45(39,40)21-43-24-16-14-23(15-17-24)28-32-29(33-37(28)27-13-7-9-20-42-27)36(30(38)44-31(3,4)5)25-11-10-18-35(25)26-12-6-8-19-41-26/h10-11,14-18,22,26-27,34H,6-9,12-13,19-21H2,1-5H3. The maximum absolute atomic E-state index is 13.8. The predicted molar refractivity (Wildman–Crippen MR) is 169 cm³/mol. The second kappa shape index (κ2) is 13.9. The highest BCUT2D eigenvalue weighted by atomic mass is 32.2. The Balaban J connectivity index is 1.52. The van der Waals surface area contributed by atoms with Gasteiger partial charge in [-0.3, -0.25) is 0 Å². The number of carbonyl (C=O) groups is 1. The maximum atomic E-state index is 13.8. The lowest BCUT2D eigenvalue weighted by Gasteiger charge is -2.30. The van der Waals surface area contributed by atoms with Gasteiger partial charge in [-0.15, -0.1) is 5.10 Å². The summed E-state index contributed by atoms with van der Waals surface area (Å²) < 4.78 is 54.2. The summed E-state index contributed by atoms with van der Waals surface area (Å²) in [6, 6.07) is 10.4. The summed E-state index contributed by atoms with van der Waals surface area (Å²) >= 11 is 0. The van der Waals surface area contributed by atoms with E-state index in [0.29, 0.717) is 36.2 Å². The molecule has 2 unspecified atom stereocenters. The number of benzene rings is 1. The van der Waals surface area contributed by atoms with E-state index in [2.05, 4.69) is 4.72 Å². The lowest BCUT2D eigenvalue weighted by molar-refractivity contribution is -0.0384. The normalized spacial score (nSPS) is 19.4. The van der Waals surface area contributed by atoms with Gasteiger partial charge in [0.2, 0.25) is 16.0 Å². The number of anilines is 2. The number of rotatable bonds is 10. The van der Waals surface area contributed by atoms with E-state index in [-0.39, 0.29) is 24.4 Å². The first-order chi connectivity index (χ1) is 21.4. The minimum Gasteiger partial charge on any atom is -0.476 e. The fourth-order valence-corrected chi connectivity index (χ4v) is 6.38. The molecule has 0 aliphatic carbocycles. The number of nitrogens with one attached hydrogen (secondary N) is 1. The van der Waals surface area contributed by atoms with Crippen LogP contribution >= 0.6 is 0 Å². The van der Waals surface area contributed by atoms with E-state index >= 15 is 0 Å². The quantitative estimate of drug-likeness (QED) is 0.287. The van der Waals surface area contributed by atoms with Gasteiger partial charge in [0.05, 0.1) is 0 Å². The lowest BCUT2D eigenvalue weighted by atomic mass is 10.1. The molecule has 4 heterocycles. The summed E-state index contributed by atoms with van der Waals surface area (Å²) in [7, 11) is -3.60. The molecule has 2 saturated heterocycles. The van der Waals surface area contributed by atoms with Crippen molar-refractivity contribution in [2.24, 2.45) is 0 Å². The molecular formula is C31H44N6O7S. The van der Waals surface area contributed by atoms with Crippen molar-refractivity contribution in [2.45, 2.75) is 97.2 Å². The van der Waals surface area contributed by atoms with Gasteiger partial charge in [-0.2, -0.15) is 9.88 Å². The van der Waals surface area contributed by atoms with E-state index in [1.54, 1.807) is 42.8 Å². The van der Waals surface area contributed by atoms with Crippen LogP contribution in [-0.4, -0.2) is 64.6 Å². The summed E-state index contributed by atoms with van der Waals surface area (Å²) in [4.78, 5) is 20.1. The number of aromatic nitrogens is 4. The van der Waals surface area contributed by atoms with Crippen LogP contribution < -0.4 is 14.4 Å². The highest BCUT2D eigenvalue weighted by Crippen LogP contribution is 2.35. The van der Waals surface area contributed by atoms with Crippen molar-refractivity contribution >= 4 is 27.9 Å². The molecule has 2 aliphatic heterocycles. The Labute approximate surface area is 264 Å². The third-order valence-electron chi connectivity index (χ3n) is 7.18. The van der Waals surface area contributed by atoms with Crippen LogP contribution in [0, 0.1) is 0 Å². The van der Waals surface area contributed by atoms with Crippen molar-refractivity contribution in [1.29, 1.82) is 0 Å². The molecule has 1 aromatic carbocycles. The van der Waals surface area contributed by atoms with E-state index < -0.39 is 27.7 Å². The number of hydrogen-bond donors (Lipinski definition) is 1. The molecule has 1 N–H and O–H groups in total. The molecule has 2 aromatic heterocycles. The Kier molecular flexibility index (Phi) is 10.2. The number of ether oxygens (including phenoxy) is 4. The lowest BCUT2D eigenvalue weighted by Crippen LogP contribution is -2.36. The second-order valence-corrected chi connectivity index (χ2v) is 14.3. The number of carbonyl (C=O) groups excluding carboxylic acids is 1. The van der Waals surface area contributed by atoms with Crippen LogP contribution in [0.1, 0.15) is 85.6 Å². The molecular weight excluding hydrogens is 600 g/mol. The van der Waals surface area contributed by atoms with Crippen LogP contribution in [-0.2, 0) is 24.2 Å². The molecule has 0 saturated carbocycles. The Morgan fingerprint density at radius 3 is 2.31 bits per heavy atom. The topological polar surface area (TPSA) is 139 Å². The third kappa shape index (κ3) is 8.43. The Morgan fingerprint density at radius 1 is 1.04 bits per heavy atom. The van der Waals surface area contributed by atoms with Crippen LogP contribution in [0.2, 0.25) is 0 Å². The summed E-state index contributed by atoms with van der Waals surface area (Å²) in [5, 5.41) is 4.86. The monoisotopic (exact) mass is 644 g/mol.